The second-order valence-corrected chi connectivity index (χ2v) is 12.8. The van der Waals surface area contributed by atoms with Crippen LogP contribution >= 0.6 is 15.9 Å². The van der Waals surface area contributed by atoms with Gasteiger partial charge in [-0.2, -0.15) is 0 Å². The predicted octanol–water partition coefficient (Wildman–Crippen LogP) is 5.82. The van der Waals surface area contributed by atoms with Crippen LogP contribution in [0.3, 0.4) is 0 Å². The average molecular weight is 679 g/mol. The molecule has 4 rings (SSSR count). The number of hydrogen-bond acceptors (Lipinski definition) is 5. The van der Waals surface area contributed by atoms with Crippen LogP contribution < -0.4 is 14.4 Å². The summed E-state index contributed by atoms with van der Waals surface area (Å²) in [6.07, 6.45) is 0.256. The van der Waals surface area contributed by atoms with Crippen LogP contribution in [0.5, 0.6) is 5.75 Å². The lowest BCUT2D eigenvalue weighted by Crippen LogP contribution is -2.53. The van der Waals surface area contributed by atoms with Gasteiger partial charge in [-0.25, -0.2) is 8.42 Å². The van der Waals surface area contributed by atoms with E-state index in [0.29, 0.717) is 24.6 Å². The van der Waals surface area contributed by atoms with Gasteiger partial charge in [0, 0.05) is 24.0 Å². The quantitative estimate of drug-likeness (QED) is 0.182. The Bertz CT molecular complexity index is 1620. The van der Waals surface area contributed by atoms with Crippen molar-refractivity contribution in [1.29, 1.82) is 0 Å². The molecule has 4 aromatic rings. The third kappa shape index (κ3) is 8.48. The Balaban J connectivity index is 1.76. The summed E-state index contributed by atoms with van der Waals surface area (Å²) in [7, 11) is -4.18. The number of ether oxygens (including phenoxy) is 1. The van der Waals surface area contributed by atoms with Gasteiger partial charge in [-0.1, -0.05) is 76.6 Å². The van der Waals surface area contributed by atoms with E-state index in [1.165, 1.54) is 17.0 Å². The Morgan fingerprint density at radius 3 is 2.02 bits per heavy atom. The summed E-state index contributed by atoms with van der Waals surface area (Å²) in [5, 5.41) is 2.87. The molecule has 0 unspecified atom stereocenters. The SMILES string of the molecule is CCNC(=O)[C@@H](Cc1ccccc1)N(Cc1ccc(Br)cc1)C(=O)CN(c1ccccc1)S(=O)(=O)c1ccc(OCC)cc1. The summed E-state index contributed by atoms with van der Waals surface area (Å²) in [5.41, 5.74) is 2.00. The normalized spacial score (nSPS) is 11.8. The lowest BCUT2D eigenvalue weighted by atomic mass is 10.0. The van der Waals surface area contributed by atoms with Gasteiger partial charge in [0.2, 0.25) is 11.8 Å². The van der Waals surface area contributed by atoms with Gasteiger partial charge >= 0.3 is 0 Å². The number of para-hydroxylation sites is 1. The number of rotatable bonds is 14. The minimum absolute atomic E-state index is 0.0154. The number of carbonyl (C=O) groups is 2. The Kier molecular flexibility index (Phi) is 11.6. The Labute approximate surface area is 267 Å². The molecule has 0 heterocycles. The van der Waals surface area contributed by atoms with E-state index in [2.05, 4.69) is 21.2 Å². The molecule has 10 heteroatoms. The first-order valence-electron chi connectivity index (χ1n) is 14.4. The number of sulfonamides is 1. The minimum Gasteiger partial charge on any atom is -0.494 e. The Morgan fingerprint density at radius 2 is 1.43 bits per heavy atom. The van der Waals surface area contributed by atoms with Gasteiger partial charge in [-0.15, -0.1) is 0 Å². The number of likely N-dealkylation sites (N-methyl/N-ethyl adjacent to an activating group) is 1. The van der Waals surface area contributed by atoms with Crippen molar-refractivity contribution in [2.45, 2.75) is 37.8 Å². The predicted molar refractivity (Wildman–Crippen MR) is 176 cm³/mol. The van der Waals surface area contributed by atoms with E-state index in [1.807, 2.05) is 68.4 Å². The van der Waals surface area contributed by atoms with E-state index in [1.54, 1.807) is 42.5 Å². The highest BCUT2D eigenvalue weighted by Crippen LogP contribution is 2.26. The zero-order valence-corrected chi connectivity index (χ0v) is 27.1. The van der Waals surface area contributed by atoms with Crippen molar-refractivity contribution in [3.8, 4) is 5.75 Å². The summed E-state index contributed by atoms with van der Waals surface area (Å²) in [5.74, 6) is -0.291. The second-order valence-electron chi connectivity index (χ2n) is 10.00. The number of nitrogens with one attached hydrogen (secondary N) is 1. The maximum Gasteiger partial charge on any atom is 0.264 e. The van der Waals surface area contributed by atoms with Crippen LogP contribution in [0.15, 0.2) is 119 Å². The molecule has 0 aliphatic carbocycles. The van der Waals surface area contributed by atoms with Gasteiger partial charge in [0.15, 0.2) is 0 Å². The lowest BCUT2D eigenvalue weighted by Gasteiger charge is -2.33. The largest absolute Gasteiger partial charge is 0.494 e. The van der Waals surface area contributed by atoms with Gasteiger partial charge in [-0.05, 0) is 73.5 Å². The molecule has 0 spiro atoms. The molecule has 0 aromatic heterocycles. The van der Waals surface area contributed by atoms with Crippen molar-refractivity contribution >= 4 is 43.5 Å². The summed E-state index contributed by atoms with van der Waals surface area (Å²) in [4.78, 5) is 29.4. The molecule has 8 nitrogen and oxygen atoms in total. The van der Waals surface area contributed by atoms with Crippen molar-refractivity contribution in [1.82, 2.24) is 10.2 Å². The molecule has 0 saturated heterocycles. The number of carbonyl (C=O) groups excluding carboxylic acids is 2. The fraction of sp³-hybridized carbons (Fsp3) is 0.235. The van der Waals surface area contributed by atoms with Crippen molar-refractivity contribution < 1.29 is 22.7 Å². The third-order valence-electron chi connectivity index (χ3n) is 6.93. The monoisotopic (exact) mass is 677 g/mol. The molecule has 0 radical (unpaired) electrons. The van der Waals surface area contributed by atoms with E-state index in [9.17, 15) is 18.0 Å². The van der Waals surface area contributed by atoms with Crippen molar-refractivity contribution in [2.75, 3.05) is 24.0 Å². The van der Waals surface area contributed by atoms with Crippen molar-refractivity contribution in [2.24, 2.45) is 0 Å². The van der Waals surface area contributed by atoms with E-state index in [4.69, 9.17) is 4.74 Å². The smallest absolute Gasteiger partial charge is 0.264 e. The van der Waals surface area contributed by atoms with Crippen LogP contribution in [-0.2, 0) is 32.6 Å². The van der Waals surface area contributed by atoms with Crippen molar-refractivity contribution in [3.63, 3.8) is 0 Å². The molecule has 2 amide bonds. The Morgan fingerprint density at radius 1 is 0.818 bits per heavy atom. The maximum atomic E-state index is 14.4. The molecule has 1 N–H and O–H groups in total. The van der Waals surface area contributed by atoms with E-state index in [0.717, 1.165) is 19.9 Å². The third-order valence-corrected chi connectivity index (χ3v) is 9.25. The molecule has 0 aliphatic heterocycles. The molecule has 1 atom stereocenters. The number of halogens is 1. The van der Waals surface area contributed by atoms with Crippen LogP contribution in [0.1, 0.15) is 25.0 Å². The van der Waals surface area contributed by atoms with Crippen LogP contribution in [-0.4, -0.2) is 50.9 Å². The lowest BCUT2D eigenvalue weighted by molar-refractivity contribution is -0.140. The van der Waals surface area contributed by atoms with E-state index >= 15 is 0 Å². The Hall–Kier alpha value is -4.15. The van der Waals surface area contributed by atoms with Gasteiger partial charge in [0.1, 0.15) is 18.3 Å². The molecule has 44 heavy (non-hydrogen) atoms. The van der Waals surface area contributed by atoms with Crippen LogP contribution in [0.25, 0.3) is 0 Å². The highest BCUT2D eigenvalue weighted by Gasteiger charge is 2.34. The zero-order chi connectivity index (χ0) is 31.5. The molecule has 4 aromatic carbocycles. The molecule has 0 fully saturated rings. The van der Waals surface area contributed by atoms with E-state index < -0.39 is 28.5 Å². The van der Waals surface area contributed by atoms with E-state index in [-0.39, 0.29) is 23.8 Å². The topological polar surface area (TPSA) is 96.0 Å². The summed E-state index contributed by atoms with van der Waals surface area (Å²) in [6, 6.07) is 30.6. The first-order valence-corrected chi connectivity index (χ1v) is 16.6. The van der Waals surface area contributed by atoms with Crippen molar-refractivity contribution in [3.05, 3.63) is 125 Å². The molecular formula is C34H36BrN3O5S. The maximum absolute atomic E-state index is 14.4. The number of nitrogens with zero attached hydrogens (tertiary/aromatic N) is 2. The fourth-order valence-electron chi connectivity index (χ4n) is 4.76. The molecule has 230 valence electrons. The minimum atomic E-state index is -4.18. The molecule has 0 bridgehead atoms. The highest BCUT2D eigenvalue weighted by molar-refractivity contribution is 9.10. The first kappa shape index (κ1) is 32.8. The number of anilines is 1. The fourth-order valence-corrected chi connectivity index (χ4v) is 6.44. The summed E-state index contributed by atoms with van der Waals surface area (Å²) < 4.78 is 35.6. The van der Waals surface area contributed by atoms with Crippen LogP contribution in [0.4, 0.5) is 5.69 Å². The second kappa shape index (κ2) is 15.5. The average Bonchev–Trinajstić information content (AvgIpc) is 3.03. The number of amides is 2. The standard InChI is InChI=1S/C34H36BrN3O5S/c1-3-36-34(40)32(23-26-11-7-5-8-12-26)37(24-27-15-17-28(35)18-16-27)33(39)25-38(29-13-9-6-10-14-29)44(41,42)31-21-19-30(20-22-31)43-4-2/h5-22,32H,3-4,23-25H2,1-2H3,(H,36,40)/t32-/m1/s1. The van der Waals surface area contributed by atoms with Crippen LogP contribution in [0, 0.1) is 0 Å². The van der Waals surface area contributed by atoms with Gasteiger partial charge in [0.25, 0.3) is 10.0 Å². The highest BCUT2D eigenvalue weighted by atomic mass is 79.9. The molecule has 0 saturated carbocycles. The van der Waals surface area contributed by atoms with Gasteiger partial charge in [0.05, 0.1) is 17.2 Å². The molecular weight excluding hydrogens is 642 g/mol. The summed E-state index contributed by atoms with van der Waals surface area (Å²) in [6.45, 7) is 4.08. The van der Waals surface area contributed by atoms with Gasteiger partial charge in [-0.3, -0.25) is 13.9 Å². The molecule has 0 aliphatic rings. The van der Waals surface area contributed by atoms with Gasteiger partial charge < -0.3 is 15.0 Å². The number of benzene rings is 4. The zero-order valence-electron chi connectivity index (χ0n) is 24.7. The first-order chi connectivity index (χ1) is 21.2. The summed E-state index contributed by atoms with van der Waals surface area (Å²) >= 11 is 3.45. The van der Waals surface area contributed by atoms with Crippen LogP contribution in [0.2, 0.25) is 0 Å². The number of hydrogen-bond donors (Lipinski definition) is 1.